The zero-order chi connectivity index (χ0) is 21.8. The van der Waals surface area contributed by atoms with Crippen LogP contribution in [0, 0.1) is 5.92 Å². The molecule has 9 nitrogen and oxygen atoms in total. The Morgan fingerprint density at radius 1 is 1.17 bits per heavy atom. The van der Waals surface area contributed by atoms with Crippen LogP contribution in [0.25, 0.3) is 0 Å². The summed E-state index contributed by atoms with van der Waals surface area (Å²) in [5.41, 5.74) is 5.58. The number of hydrogen-bond acceptors (Lipinski definition) is 6. The molecule has 2 aromatic rings. The van der Waals surface area contributed by atoms with Crippen molar-refractivity contribution in [3.63, 3.8) is 0 Å². The highest BCUT2D eigenvalue weighted by Crippen LogP contribution is 2.38. The number of nitrogens with one attached hydrogen (secondary N) is 2. The lowest BCUT2D eigenvalue weighted by molar-refractivity contribution is -0.146. The van der Waals surface area contributed by atoms with E-state index in [1.807, 2.05) is 13.0 Å². The zero-order valence-corrected chi connectivity index (χ0v) is 17.5. The quantitative estimate of drug-likeness (QED) is 0.640. The third-order valence-corrected chi connectivity index (χ3v) is 5.91. The molecule has 30 heavy (non-hydrogen) atoms. The van der Waals surface area contributed by atoms with Crippen LogP contribution in [-0.4, -0.2) is 40.1 Å². The van der Waals surface area contributed by atoms with Crippen molar-refractivity contribution >= 4 is 45.7 Å². The van der Waals surface area contributed by atoms with Crippen LogP contribution in [-0.2, 0) is 14.4 Å². The third kappa shape index (κ3) is 5.01. The maximum Gasteiger partial charge on any atom is 0.313 e. The van der Waals surface area contributed by atoms with Crippen LogP contribution >= 0.6 is 11.3 Å². The second kappa shape index (κ2) is 9.04. The van der Waals surface area contributed by atoms with Crippen LogP contribution < -0.4 is 16.4 Å². The number of carbonyl (C=O) groups is 4. The Labute approximate surface area is 177 Å². The number of thiophene rings is 1. The molecule has 0 saturated carbocycles. The highest BCUT2D eigenvalue weighted by molar-refractivity contribution is 7.16. The van der Waals surface area contributed by atoms with Crippen molar-refractivity contribution in [3.05, 3.63) is 41.0 Å². The lowest BCUT2D eigenvalue weighted by atomic mass is 9.93. The topological polar surface area (TPSA) is 134 Å². The van der Waals surface area contributed by atoms with Crippen molar-refractivity contribution in [1.29, 1.82) is 0 Å². The van der Waals surface area contributed by atoms with Gasteiger partial charge in [0.05, 0.1) is 28.5 Å². The average molecular weight is 430 g/mol. The van der Waals surface area contributed by atoms with Crippen molar-refractivity contribution in [2.45, 2.75) is 32.7 Å². The van der Waals surface area contributed by atoms with Gasteiger partial charge in [0.15, 0.2) is 0 Å². The fourth-order valence-electron chi connectivity index (χ4n) is 3.40. The van der Waals surface area contributed by atoms with E-state index in [0.717, 1.165) is 17.7 Å². The number of nitrogens with two attached hydrogens (primary N) is 1. The molecule has 4 N–H and O–H groups in total. The van der Waals surface area contributed by atoms with Crippen molar-refractivity contribution in [2.75, 3.05) is 17.2 Å². The van der Waals surface area contributed by atoms with Crippen molar-refractivity contribution in [2.24, 2.45) is 11.7 Å². The summed E-state index contributed by atoms with van der Waals surface area (Å²) >= 11 is 1.39. The van der Waals surface area contributed by atoms with Crippen LogP contribution in [0.4, 0.5) is 10.7 Å². The number of hydrogen-bond donors (Lipinski definition) is 3. The summed E-state index contributed by atoms with van der Waals surface area (Å²) in [6, 6.07) is 4.79. The van der Waals surface area contributed by atoms with Gasteiger partial charge in [0, 0.05) is 24.5 Å². The molecule has 1 saturated heterocycles. The molecule has 0 aromatic carbocycles. The molecule has 158 valence electrons. The van der Waals surface area contributed by atoms with Crippen molar-refractivity contribution in [3.8, 4) is 0 Å². The Balaban J connectivity index is 1.77. The largest absolute Gasteiger partial charge is 0.366 e. The van der Waals surface area contributed by atoms with Gasteiger partial charge in [0.2, 0.25) is 11.8 Å². The molecule has 10 heteroatoms. The first-order valence-corrected chi connectivity index (χ1v) is 10.3. The Bertz CT molecular complexity index is 989. The predicted molar refractivity (Wildman–Crippen MR) is 113 cm³/mol. The lowest BCUT2D eigenvalue weighted by Crippen LogP contribution is -2.46. The summed E-state index contributed by atoms with van der Waals surface area (Å²) in [6.07, 6.45) is 4.27. The van der Waals surface area contributed by atoms with Crippen molar-refractivity contribution in [1.82, 2.24) is 9.88 Å². The number of amides is 4. The molecule has 0 radical (unpaired) electrons. The summed E-state index contributed by atoms with van der Waals surface area (Å²) < 4.78 is 0. The first-order valence-electron chi connectivity index (χ1n) is 9.48. The number of piperidine rings is 1. The number of likely N-dealkylation sites (tertiary alicyclic amines) is 1. The fraction of sp³-hybridized carbons (Fsp3) is 0.350. The molecule has 1 fully saturated rings. The van der Waals surface area contributed by atoms with Crippen LogP contribution in [0.15, 0.2) is 30.6 Å². The van der Waals surface area contributed by atoms with Crippen LogP contribution in [0.2, 0.25) is 0 Å². The van der Waals surface area contributed by atoms with Gasteiger partial charge in [0.1, 0.15) is 0 Å². The van der Waals surface area contributed by atoms with Gasteiger partial charge in [-0.3, -0.25) is 24.2 Å². The molecule has 1 aliphatic rings. The summed E-state index contributed by atoms with van der Waals surface area (Å²) in [6.45, 7) is 3.92. The summed E-state index contributed by atoms with van der Waals surface area (Å²) in [5.74, 6) is -2.06. The normalized spacial score (nSPS) is 18.5. The lowest BCUT2D eigenvalue weighted by Gasteiger charge is -2.37. The number of anilines is 2. The van der Waals surface area contributed by atoms with Crippen molar-refractivity contribution < 1.29 is 19.2 Å². The molecule has 2 atom stereocenters. The first kappa shape index (κ1) is 21.4. The monoisotopic (exact) mass is 429 g/mol. The molecule has 2 aromatic heterocycles. The zero-order valence-electron chi connectivity index (χ0n) is 16.7. The molecule has 3 heterocycles. The number of pyridine rings is 1. The van der Waals surface area contributed by atoms with E-state index in [-0.39, 0.29) is 29.1 Å². The Hall–Kier alpha value is -3.27. The highest BCUT2D eigenvalue weighted by atomic mass is 32.1. The molecule has 1 unspecified atom stereocenters. The number of rotatable bonds is 4. The number of carbonyl (C=O) groups excluding carboxylic acids is 4. The maximum atomic E-state index is 13.0. The minimum atomic E-state index is -0.809. The molecule has 4 amide bonds. The summed E-state index contributed by atoms with van der Waals surface area (Å²) in [4.78, 5) is 54.5. The van der Waals surface area contributed by atoms with E-state index in [9.17, 15) is 19.2 Å². The number of nitrogens with zero attached hydrogens (tertiary/aromatic N) is 2. The smallest absolute Gasteiger partial charge is 0.313 e. The molecule has 3 rings (SSSR count). The van der Waals surface area contributed by atoms with Crippen LogP contribution in [0.5, 0.6) is 0 Å². The summed E-state index contributed by atoms with van der Waals surface area (Å²) in [7, 11) is 0. The molecular formula is C20H23N5O4S. The van der Waals surface area contributed by atoms with Gasteiger partial charge in [-0.25, -0.2) is 0 Å². The number of aromatic nitrogens is 1. The first-order chi connectivity index (χ1) is 14.2. The minimum Gasteiger partial charge on any atom is -0.366 e. The van der Waals surface area contributed by atoms with Gasteiger partial charge in [0.25, 0.3) is 0 Å². The van der Waals surface area contributed by atoms with Gasteiger partial charge in [-0.15, -0.1) is 11.3 Å². The molecule has 1 aliphatic heterocycles. The van der Waals surface area contributed by atoms with Crippen LogP contribution in [0.1, 0.15) is 48.0 Å². The minimum absolute atomic E-state index is 0.133. The van der Waals surface area contributed by atoms with Gasteiger partial charge >= 0.3 is 11.8 Å². The van der Waals surface area contributed by atoms with E-state index < -0.39 is 17.7 Å². The van der Waals surface area contributed by atoms with Crippen LogP contribution in [0.3, 0.4) is 0 Å². The fourth-order valence-corrected chi connectivity index (χ4v) is 4.51. The van der Waals surface area contributed by atoms with Gasteiger partial charge in [-0.1, -0.05) is 6.92 Å². The highest BCUT2D eigenvalue weighted by Gasteiger charge is 2.35. The van der Waals surface area contributed by atoms with Gasteiger partial charge in [-0.05, 0) is 37.0 Å². The molecule has 0 bridgehead atoms. The standard InChI is InChI=1S/C20H23N5O4S/c1-11-3-4-15(16-5-6-17(30-16)23-12(2)26)25(10-11)20(29)19(28)24-14-7-13(18(21)27)8-22-9-14/h5-9,11,15H,3-4,10H2,1-2H3,(H2,21,27)(H,23,26)(H,24,28)/t11-,15?/m0/s1. The van der Waals surface area contributed by atoms with Gasteiger partial charge < -0.3 is 21.3 Å². The number of primary amides is 1. The van der Waals surface area contributed by atoms with Gasteiger partial charge in [-0.2, -0.15) is 0 Å². The van der Waals surface area contributed by atoms with E-state index in [1.165, 1.54) is 36.7 Å². The van der Waals surface area contributed by atoms with E-state index in [2.05, 4.69) is 15.6 Å². The second-order valence-electron chi connectivity index (χ2n) is 7.32. The Morgan fingerprint density at radius 2 is 1.93 bits per heavy atom. The average Bonchev–Trinajstić information content (AvgIpc) is 3.14. The Kier molecular flexibility index (Phi) is 6.46. The SMILES string of the molecule is CC(=O)Nc1ccc(C2CC[C@H](C)CN2C(=O)C(=O)Nc2cncc(C(N)=O)c2)s1. The maximum absolute atomic E-state index is 13.0. The molecular weight excluding hydrogens is 406 g/mol. The Morgan fingerprint density at radius 3 is 2.63 bits per heavy atom. The van der Waals surface area contributed by atoms with E-state index >= 15 is 0 Å². The van der Waals surface area contributed by atoms with E-state index in [4.69, 9.17) is 5.73 Å². The third-order valence-electron chi connectivity index (χ3n) is 4.81. The molecule has 0 spiro atoms. The molecule has 0 aliphatic carbocycles. The second-order valence-corrected chi connectivity index (χ2v) is 8.44. The summed E-state index contributed by atoms with van der Waals surface area (Å²) in [5, 5.41) is 5.93. The van der Waals surface area contributed by atoms with E-state index in [0.29, 0.717) is 11.5 Å². The van der Waals surface area contributed by atoms with E-state index in [1.54, 1.807) is 11.0 Å². The predicted octanol–water partition coefficient (Wildman–Crippen LogP) is 2.14.